The molecule has 0 aliphatic rings. The van der Waals surface area contributed by atoms with Crippen molar-refractivity contribution in [2.45, 2.75) is 119 Å². The monoisotopic (exact) mass is 388 g/mol. The number of ether oxygens (including phenoxy) is 1. The van der Waals surface area contributed by atoms with Gasteiger partial charge in [-0.3, -0.25) is 4.79 Å². The van der Waals surface area contributed by atoms with E-state index in [1.54, 1.807) is 5.56 Å². The highest BCUT2D eigenvalue weighted by molar-refractivity contribution is 5.44. The molecule has 2 heteroatoms. The van der Waals surface area contributed by atoms with Crippen LogP contribution in [-0.2, 0) is 22.4 Å². The summed E-state index contributed by atoms with van der Waals surface area (Å²) in [6.07, 6.45) is 10.7. The molecule has 0 spiro atoms. The quantitative estimate of drug-likeness (QED) is 0.275. The number of hydrogen-bond donors (Lipinski definition) is 0. The maximum atomic E-state index is 10.6. The first-order valence-electron chi connectivity index (χ1n) is 11.2. The number of aryl methyl sites for hydroxylation is 2. The van der Waals surface area contributed by atoms with Gasteiger partial charge in [-0.2, -0.15) is 0 Å². The Bertz CT molecular complexity index is 620. The molecule has 0 heterocycles. The lowest BCUT2D eigenvalue weighted by Gasteiger charge is -2.22. The standard InChI is InChI=1S/C26H44O2/c1-20-18-23(14-11-13-17-26(7,8)28-19-27)21(2)22(3)24(20)15-10-9-12-16-25(4,5)6/h18-19H,9-17H2,1-8H3. The molecule has 160 valence electrons. The molecule has 1 aromatic carbocycles. The second-order valence-corrected chi connectivity index (χ2v) is 10.4. The smallest absolute Gasteiger partial charge is 0.293 e. The summed E-state index contributed by atoms with van der Waals surface area (Å²) in [5, 5.41) is 0. The molecule has 0 aliphatic carbocycles. The van der Waals surface area contributed by atoms with Crippen molar-refractivity contribution in [3.8, 4) is 0 Å². The molecule has 0 saturated heterocycles. The van der Waals surface area contributed by atoms with Gasteiger partial charge in [0.2, 0.25) is 0 Å². The van der Waals surface area contributed by atoms with Crippen LogP contribution in [0.4, 0.5) is 0 Å². The molecule has 1 aromatic rings. The van der Waals surface area contributed by atoms with Gasteiger partial charge >= 0.3 is 0 Å². The Hall–Kier alpha value is -1.31. The van der Waals surface area contributed by atoms with Crippen LogP contribution in [0.3, 0.4) is 0 Å². The minimum atomic E-state index is -0.348. The van der Waals surface area contributed by atoms with Crippen LogP contribution in [-0.4, -0.2) is 12.1 Å². The van der Waals surface area contributed by atoms with Gasteiger partial charge in [-0.15, -0.1) is 0 Å². The largest absolute Gasteiger partial charge is 0.462 e. The molecule has 2 nitrogen and oxygen atoms in total. The maximum absolute atomic E-state index is 10.6. The van der Waals surface area contributed by atoms with E-state index in [0.717, 1.165) is 25.7 Å². The van der Waals surface area contributed by atoms with Crippen LogP contribution in [0.15, 0.2) is 6.07 Å². The van der Waals surface area contributed by atoms with Crippen LogP contribution >= 0.6 is 0 Å². The zero-order valence-corrected chi connectivity index (χ0v) is 19.8. The van der Waals surface area contributed by atoms with Crippen molar-refractivity contribution >= 4 is 6.47 Å². The molecule has 0 bridgehead atoms. The molecule has 0 aliphatic heterocycles. The lowest BCUT2D eigenvalue weighted by Crippen LogP contribution is -2.23. The summed E-state index contributed by atoms with van der Waals surface area (Å²) in [4.78, 5) is 10.6. The van der Waals surface area contributed by atoms with Crippen molar-refractivity contribution in [1.82, 2.24) is 0 Å². The van der Waals surface area contributed by atoms with E-state index in [2.05, 4.69) is 47.6 Å². The van der Waals surface area contributed by atoms with Crippen molar-refractivity contribution in [2.75, 3.05) is 0 Å². The van der Waals surface area contributed by atoms with Gasteiger partial charge in [0.25, 0.3) is 6.47 Å². The van der Waals surface area contributed by atoms with Gasteiger partial charge in [-0.25, -0.2) is 0 Å². The van der Waals surface area contributed by atoms with Crippen LogP contribution in [0.2, 0.25) is 0 Å². The third kappa shape index (κ3) is 8.80. The summed E-state index contributed by atoms with van der Waals surface area (Å²) in [5.74, 6) is 0. The average Bonchev–Trinajstić information content (AvgIpc) is 2.57. The molecule has 0 unspecified atom stereocenters. The minimum Gasteiger partial charge on any atom is -0.462 e. The lowest BCUT2D eigenvalue weighted by atomic mass is 9.87. The first-order chi connectivity index (χ1) is 13.0. The molecule has 0 saturated carbocycles. The van der Waals surface area contributed by atoms with Crippen molar-refractivity contribution in [1.29, 1.82) is 0 Å². The number of rotatable bonds is 12. The van der Waals surface area contributed by atoms with E-state index >= 15 is 0 Å². The summed E-state index contributed by atoms with van der Waals surface area (Å²) < 4.78 is 5.15. The second kappa shape index (κ2) is 11.0. The Morgan fingerprint density at radius 2 is 1.43 bits per heavy atom. The second-order valence-electron chi connectivity index (χ2n) is 10.4. The third-order valence-electron chi connectivity index (χ3n) is 6.06. The Morgan fingerprint density at radius 1 is 0.821 bits per heavy atom. The summed E-state index contributed by atoms with van der Waals surface area (Å²) in [7, 11) is 0. The Morgan fingerprint density at radius 3 is 2.04 bits per heavy atom. The highest BCUT2D eigenvalue weighted by Crippen LogP contribution is 2.27. The maximum Gasteiger partial charge on any atom is 0.293 e. The Kier molecular flexibility index (Phi) is 9.74. The molecule has 0 atom stereocenters. The number of benzene rings is 1. The fourth-order valence-electron chi connectivity index (χ4n) is 4.05. The van der Waals surface area contributed by atoms with E-state index in [1.165, 1.54) is 54.4 Å². The molecule has 0 N–H and O–H groups in total. The fraction of sp³-hybridized carbons (Fsp3) is 0.731. The first kappa shape index (κ1) is 24.7. The van der Waals surface area contributed by atoms with Gasteiger partial charge in [0, 0.05) is 0 Å². The van der Waals surface area contributed by atoms with Crippen molar-refractivity contribution < 1.29 is 9.53 Å². The van der Waals surface area contributed by atoms with Crippen LogP contribution in [0.5, 0.6) is 0 Å². The van der Waals surface area contributed by atoms with Crippen molar-refractivity contribution in [2.24, 2.45) is 5.41 Å². The molecule has 0 amide bonds. The van der Waals surface area contributed by atoms with Gasteiger partial charge in [0.1, 0.15) is 5.60 Å². The van der Waals surface area contributed by atoms with Gasteiger partial charge in [0.05, 0.1) is 0 Å². The Labute approximate surface area is 174 Å². The average molecular weight is 389 g/mol. The number of hydrogen-bond acceptors (Lipinski definition) is 2. The summed E-state index contributed by atoms with van der Waals surface area (Å²) >= 11 is 0. The highest BCUT2D eigenvalue weighted by atomic mass is 16.5. The van der Waals surface area contributed by atoms with Crippen LogP contribution in [0.1, 0.15) is 107 Å². The third-order valence-corrected chi connectivity index (χ3v) is 6.06. The number of carbonyl (C=O) groups excluding carboxylic acids is 1. The highest BCUT2D eigenvalue weighted by Gasteiger charge is 2.18. The van der Waals surface area contributed by atoms with E-state index in [4.69, 9.17) is 4.74 Å². The summed E-state index contributed by atoms with van der Waals surface area (Å²) in [5.41, 5.74) is 7.59. The predicted octanol–water partition coefficient (Wildman–Crippen LogP) is 7.43. The van der Waals surface area contributed by atoms with Gasteiger partial charge in [-0.1, -0.05) is 39.7 Å². The number of carbonyl (C=O) groups is 1. The van der Waals surface area contributed by atoms with Crippen molar-refractivity contribution in [3.63, 3.8) is 0 Å². The summed E-state index contributed by atoms with van der Waals surface area (Å²) in [6, 6.07) is 2.42. The zero-order valence-electron chi connectivity index (χ0n) is 19.8. The molecule has 28 heavy (non-hydrogen) atoms. The van der Waals surface area contributed by atoms with E-state index < -0.39 is 0 Å². The molecular weight excluding hydrogens is 344 g/mol. The number of unbranched alkanes of at least 4 members (excludes halogenated alkanes) is 3. The van der Waals surface area contributed by atoms with E-state index in [0.29, 0.717) is 11.9 Å². The molecular formula is C26H44O2. The van der Waals surface area contributed by atoms with E-state index in [9.17, 15) is 4.79 Å². The van der Waals surface area contributed by atoms with Crippen LogP contribution < -0.4 is 0 Å². The van der Waals surface area contributed by atoms with Crippen molar-refractivity contribution in [3.05, 3.63) is 33.9 Å². The van der Waals surface area contributed by atoms with Gasteiger partial charge in [-0.05, 0) is 113 Å². The molecule has 0 aromatic heterocycles. The normalized spacial score (nSPS) is 12.3. The topological polar surface area (TPSA) is 26.3 Å². The molecule has 0 radical (unpaired) electrons. The lowest BCUT2D eigenvalue weighted by molar-refractivity contribution is -0.140. The van der Waals surface area contributed by atoms with Crippen LogP contribution in [0, 0.1) is 26.2 Å². The van der Waals surface area contributed by atoms with E-state index in [-0.39, 0.29) is 5.60 Å². The molecule has 0 fully saturated rings. The fourth-order valence-corrected chi connectivity index (χ4v) is 4.05. The van der Waals surface area contributed by atoms with Gasteiger partial charge < -0.3 is 4.74 Å². The zero-order chi connectivity index (χ0) is 21.4. The molecule has 1 rings (SSSR count). The van der Waals surface area contributed by atoms with E-state index in [1.807, 2.05) is 13.8 Å². The SMILES string of the molecule is Cc1cc(CCCCC(C)(C)OC=O)c(C)c(C)c1CCCCCC(C)(C)C. The Balaban J connectivity index is 2.57. The van der Waals surface area contributed by atoms with Crippen LogP contribution in [0.25, 0.3) is 0 Å². The van der Waals surface area contributed by atoms with Gasteiger partial charge in [0.15, 0.2) is 0 Å². The summed E-state index contributed by atoms with van der Waals surface area (Å²) in [6.45, 7) is 18.4. The first-order valence-corrected chi connectivity index (χ1v) is 11.2. The minimum absolute atomic E-state index is 0.348. The predicted molar refractivity (Wildman–Crippen MR) is 121 cm³/mol.